The molecule has 3 heterocycles. The van der Waals surface area contributed by atoms with Gasteiger partial charge < -0.3 is 14.2 Å². The Hall–Kier alpha value is -2.71. The van der Waals surface area contributed by atoms with E-state index >= 15 is 0 Å². The van der Waals surface area contributed by atoms with Crippen LogP contribution < -0.4 is 0 Å². The lowest BCUT2D eigenvalue weighted by Gasteiger charge is -2.30. The van der Waals surface area contributed by atoms with Gasteiger partial charge in [-0.2, -0.15) is 0 Å². The molecule has 0 radical (unpaired) electrons. The van der Waals surface area contributed by atoms with Gasteiger partial charge in [0.2, 0.25) is 5.91 Å². The van der Waals surface area contributed by atoms with Gasteiger partial charge in [-0.1, -0.05) is 42.1 Å². The van der Waals surface area contributed by atoms with Crippen molar-refractivity contribution in [1.29, 1.82) is 0 Å². The number of thioether (sulfide) groups is 1. The van der Waals surface area contributed by atoms with Crippen molar-refractivity contribution in [2.45, 2.75) is 10.4 Å². The SMILES string of the molecule is Cn1c(SC(C(=O)N2CCOCC2)c2ccccc2)nnc1-c1ccncc1. The number of aromatic nitrogens is 4. The van der Waals surface area contributed by atoms with Gasteiger partial charge in [-0.25, -0.2) is 0 Å². The molecule has 4 rings (SSSR count). The Labute approximate surface area is 167 Å². The monoisotopic (exact) mass is 395 g/mol. The topological polar surface area (TPSA) is 73.1 Å². The Morgan fingerprint density at radius 3 is 2.50 bits per heavy atom. The first-order valence-electron chi connectivity index (χ1n) is 9.12. The van der Waals surface area contributed by atoms with Crippen molar-refractivity contribution in [1.82, 2.24) is 24.6 Å². The zero-order valence-corrected chi connectivity index (χ0v) is 16.4. The Kier molecular flexibility index (Phi) is 5.68. The van der Waals surface area contributed by atoms with Crippen molar-refractivity contribution < 1.29 is 9.53 Å². The van der Waals surface area contributed by atoms with Gasteiger partial charge in [-0.3, -0.25) is 9.78 Å². The average Bonchev–Trinajstić information content (AvgIpc) is 3.13. The molecule has 1 unspecified atom stereocenters. The van der Waals surface area contributed by atoms with Crippen molar-refractivity contribution in [3.05, 3.63) is 60.4 Å². The van der Waals surface area contributed by atoms with Crippen LogP contribution in [0.15, 0.2) is 60.0 Å². The van der Waals surface area contributed by atoms with Crippen LogP contribution in [0.3, 0.4) is 0 Å². The molecule has 0 aliphatic carbocycles. The molecule has 2 aromatic heterocycles. The van der Waals surface area contributed by atoms with Crippen molar-refractivity contribution in [2.24, 2.45) is 7.05 Å². The fourth-order valence-corrected chi connectivity index (χ4v) is 4.20. The van der Waals surface area contributed by atoms with Crippen LogP contribution in [-0.4, -0.2) is 56.9 Å². The van der Waals surface area contributed by atoms with Crippen LogP contribution in [0, 0.1) is 0 Å². The van der Waals surface area contributed by atoms with Crippen LogP contribution in [0.25, 0.3) is 11.4 Å². The number of hydrogen-bond acceptors (Lipinski definition) is 6. The molecule has 0 bridgehead atoms. The summed E-state index contributed by atoms with van der Waals surface area (Å²) in [4.78, 5) is 19.2. The highest BCUT2D eigenvalue weighted by atomic mass is 32.2. The van der Waals surface area contributed by atoms with Crippen LogP contribution in [0.4, 0.5) is 0 Å². The molecule has 7 nitrogen and oxygen atoms in total. The van der Waals surface area contributed by atoms with Gasteiger partial charge in [0.1, 0.15) is 5.25 Å². The summed E-state index contributed by atoms with van der Waals surface area (Å²) in [5.74, 6) is 0.823. The molecule has 8 heteroatoms. The summed E-state index contributed by atoms with van der Waals surface area (Å²) >= 11 is 1.43. The molecule has 144 valence electrons. The number of carbonyl (C=O) groups is 1. The Balaban J connectivity index is 1.63. The van der Waals surface area contributed by atoms with Gasteiger partial charge in [0.05, 0.1) is 13.2 Å². The highest BCUT2D eigenvalue weighted by Crippen LogP contribution is 2.37. The third kappa shape index (κ3) is 3.93. The van der Waals surface area contributed by atoms with E-state index < -0.39 is 0 Å². The molecule has 0 spiro atoms. The number of rotatable bonds is 5. The molecular formula is C20H21N5O2S. The van der Waals surface area contributed by atoms with Crippen LogP contribution in [-0.2, 0) is 16.6 Å². The summed E-state index contributed by atoms with van der Waals surface area (Å²) in [5.41, 5.74) is 1.89. The molecule has 1 aliphatic rings. The van der Waals surface area contributed by atoms with Gasteiger partial charge in [0, 0.05) is 38.1 Å². The first-order valence-corrected chi connectivity index (χ1v) is 10.00. The minimum atomic E-state index is -0.382. The lowest BCUT2D eigenvalue weighted by Crippen LogP contribution is -2.42. The summed E-state index contributed by atoms with van der Waals surface area (Å²) in [6, 6.07) is 13.6. The Morgan fingerprint density at radius 1 is 1.07 bits per heavy atom. The number of nitrogens with zero attached hydrogens (tertiary/aromatic N) is 5. The molecule has 1 saturated heterocycles. The van der Waals surface area contributed by atoms with E-state index in [1.54, 1.807) is 12.4 Å². The van der Waals surface area contributed by atoms with Gasteiger partial charge in [0.15, 0.2) is 11.0 Å². The van der Waals surface area contributed by atoms with Gasteiger partial charge in [-0.05, 0) is 17.7 Å². The fourth-order valence-electron chi connectivity index (χ4n) is 3.11. The molecule has 0 N–H and O–H groups in total. The maximum absolute atomic E-state index is 13.3. The second-order valence-electron chi connectivity index (χ2n) is 6.45. The number of ether oxygens (including phenoxy) is 1. The minimum Gasteiger partial charge on any atom is -0.378 e. The van der Waals surface area contributed by atoms with E-state index in [0.717, 1.165) is 17.0 Å². The third-order valence-corrected chi connectivity index (χ3v) is 5.92. The van der Waals surface area contributed by atoms with E-state index in [0.29, 0.717) is 31.5 Å². The highest BCUT2D eigenvalue weighted by molar-refractivity contribution is 8.00. The van der Waals surface area contributed by atoms with E-state index in [4.69, 9.17) is 4.74 Å². The van der Waals surface area contributed by atoms with Crippen molar-refractivity contribution in [3.63, 3.8) is 0 Å². The molecular weight excluding hydrogens is 374 g/mol. The molecule has 1 aliphatic heterocycles. The number of amides is 1. The smallest absolute Gasteiger partial charge is 0.240 e. The first-order chi connectivity index (χ1) is 13.7. The van der Waals surface area contributed by atoms with E-state index in [1.807, 2.05) is 59.0 Å². The summed E-state index contributed by atoms with van der Waals surface area (Å²) in [7, 11) is 1.92. The fraction of sp³-hybridized carbons (Fsp3) is 0.300. The van der Waals surface area contributed by atoms with E-state index in [1.165, 1.54) is 11.8 Å². The summed E-state index contributed by atoms with van der Waals surface area (Å²) in [6.07, 6.45) is 3.46. The number of benzene rings is 1. The lowest BCUT2D eigenvalue weighted by atomic mass is 10.1. The normalized spacial score (nSPS) is 15.4. The maximum atomic E-state index is 13.3. The zero-order valence-electron chi connectivity index (χ0n) is 15.6. The van der Waals surface area contributed by atoms with E-state index in [9.17, 15) is 4.79 Å². The maximum Gasteiger partial charge on any atom is 0.240 e. The number of hydrogen-bond donors (Lipinski definition) is 0. The molecule has 3 aromatic rings. The van der Waals surface area contributed by atoms with Crippen LogP contribution in [0.1, 0.15) is 10.8 Å². The predicted octanol–water partition coefficient (Wildman–Crippen LogP) is 2.57. The number of morpholine rings is 1. The van der Waals surface area contributed by atoms with Crippen LogP contribution in [0.2, 0.25) is 0 Å². The summed E-state index contributed by atoms with van der Waals surface area (Å²) in [5, 5.41) is 8.98. The van der Waals surface area contributed by atoms with Crippen LogP contribution >= 0.6 is 11.8 Å². The Bertz CT molecular complexity index is 926. The first kappa shape index (κ1) is 18.6. The van der Waals surface area contributed by atoms with Crippen molar-refractivity contribution in [3.8, 4) is 11.4 Å². The molecule has 1 amide bonds. The standard InChI is InChI=1S/C20H21N5O2S/c1-24-18(16-7-9-21-10-8-16)22-23-20(24)28-17(15-5-3-2-4-6-15)19(26)25-11-13-27-14-12-25/h2-10,17H,11-14H2,1H3. The predicted molar refractivity (Wildman–Crippen MR) is 107 cm³/mol. The lowest BCUT2D eigenvalue weighted by molar-refractivity contribution is -0.134. The highest BCUT2D eigenvalue weighted by Gasteiger charge is 2.30. The second kappa shape index (κ2) is 8.53. The number of pyridine rings is 1. The summed E-state index contributed by atoms with van der Waals surface area (Å²) in [6.45, 7) is 2.38. The average molecular weight is 395 g/mol. The number of carbonyl (C=O) groups excluding carboxylic acids is 1. The van der Waals surface area contributed by atoms with Gasteiger partial charge in [0.25, 0.3) is 0 Å². The van der Waals surface area contributed by atoms with Gasteiger partial charge >= 0.3 is 0 Å². The van der Waals surface area contributed by atoms with E-state index in [-0.39, 0.29) is 11.2 Å². The molecule has 28 heavy (non-hydrogen) atoms. The minimum absolute atomic E-state index is 0.0768. The largest absolute Gasteiger partial charge is 0.378 e. The third-order valence-electron chi connectivity index (χ3n) is 4.65. The molecule has 1 fully saturated rings. The van der Waals surface area contributed by atoms with Gasteiger partial charge in [-0.15, -0.1) is 10.2 Å². The zero-order chi connectivity index (χ0) is 19.3. The van der Waals surface area contributed by atoms with Crippen LogP contribution in [0.5, 0.6) is 0 Å². The molecule has 1 atom stereocenters. The molecule has 1 aromatic carbocycles. The van der Waals surface area contributed by atoms with Crippen molar-refractivity contribution in [2.75, 3.05) is 26.3 Å². The summed E-state index contributed by atoms with van der Waals surface area (Å²) < 4.78 is 7.31. The Morgan fingerprint density at radius 2 is 1.79 bits per heavy atom. The second-order valence-corrected chi connectivity index (χ2v) is 7.52. The van der Waals surface area contributed by atoms with Crippen molar-refractivity contribution >= 4 is 17.7 Å². The van der Waals surface area contributed by atoms with E-state index in [2.05, 4.69) is 15.2 Å². The molecule has 0 saturated carbocycles. The quantitative estimate of drug-likeness (QED) is 0.618.